The largest absolute Gasteiger partial charge is 0.478 e. The number of rotatable bonds is 4. The Morgan fingerprint density at radius 2 is 1.85 bits per heavy atom. The molecule has 1 saturated carbocycles. The summed E-state index contributed by atoms with van der Waals surface area (Å²) in [5, 5.41) is 8.79. The van der Waals surface area contributed by atoms with Crippen LogP contribution in [0.2, 0.25) is 0 Å². The summed E-state index contributed by atoms with van der Waals surface area (Å²) in [6.45, 7) is 0.409. The van der Waals surface area contributed by atoms with Crippen molar-refractivity contribution in [3.8, 4) is 0 Å². The van der Waals surface area contributed by atoms with Crippen LogP contribution in [0.15, 0.2) is 24.3 Å². The minimum absolute atomic E-state index is 0.158. The van der Waals surface area contributed by atoms with Crippen LogP contribution in [0, 0.1) is 5.92 Å². The molecular weight excluding hydrogens is 260 g/mol. The third kappa shape index (κ3) is 2.82. The molecule has 1 aromatic rings. The Hall–Kier alpha value is -1.88. The number of carboxylic acids is 1. The first-order valence-corrected chi connectivity index (χ1v) is 6.79. The number of hydrogen-bond donors (Lipinski definition) is 1. The molecule has 0 amide bonds. The van der Waals surface area contributed by atoms with Gasteiger partial charge in [-0.15, -0.1) is 0 Å². The number of ether oxygens (including phenoxy) is 2. The van der Waals surface area contributed by atoms with Crippen molar-refractivity contribution >= 4 is 11.9 Å². The highest BCUT2D eigenvalue weighted by Crippen LogP contribution is 2.39. The molecule has 1 aliphatic heterocycles. The normalized spacial score (nSPS) is 27.5. The van der Waals surface area contributed by atoms with Crippen molar-refractivity contribution in [2.45, 2.75) is 31.5 Å². The fraction of sp³-hybridized carbons (Fsp3) is 0.467. The molecule has 0 radical (unpaired) electrons. The molecule has 2 aliphatic rings. The summed E-state index contributed by atoms with van der Waals surface area (Å²) >= 11 is 0. The Balaban J connectivity index is 1.51. The molecule has 1 N–H and O–H groups in total. The molecule has 5 heteroatoms. The van der Waals surface area contributed by atoms with E-state index in [1.165, 1.54) is 24.3 Å². The van der Waals surface area contributed by atoms with Gasteiger partial charge in [0, 0.05) is 0 Å². The van der Waals surface area contributed by atoms with E-state index in [4.69, 9.17) is 14.6 Å². The lowest BCUT2D eigenvalue weighted by atomic mass is 9.90. The fourth-order valence-corrected chi connectivity index (χ4v) is 2.66. The van der Waals surface area contributed by atoms with Gasteiger partial charge in [-0.1, -0.05) is 0 Å². The zero-order chi connectivity index (χ0) is 14.1. The third-order valence-electron chi connectivity index (χ3n) is 3.93. The number of carboxylic acid groups (broad SMARTS) is 1. The second-order valence-electron chi connectivity index (χ2n) is 5.37. The lowest BCUT2D eigenvalue weighted by molar-refractivity contribution is 0.0415. The highest BCUT2D eigenvalue weighted by molar-refractivity contribution is 5.92. The van der Waals surface area contributed by atoms with E-state index in [1.807, 2.05) is 0 Å². The number of fused-ring (bicyclic) bond motifs is 1. The summed E-state index contributed by atoms with van der Waals surface area (Å²) in [4.78, 5) is 22.6. The van der Waals surface area contributed by atoms with Crippen LogP contribution in [0.3, 0.4) is 0 Å². The first-order chi connectivity index (χ1) is 9.63. The molecule has 20 heavy (non-hydrogen) atoms. The molecule has 1 aromatic carbocycles. The van der Waals surface area contributed by atoms with Crippen molar-refractivity contribution in [3.63, 3.8) is 0 Å². The van der Waals surface area contributed by atoms with Gasteiger partial charge in [-0.3, -0.25) is 0 Å². The predicted molar refractivity (Wildman–Crippen MR) is 69.7 cm³/mol. The van der Waals surface area contributed by atoms with Crippen molar-refractivity contribution in [2.24, 2.45) is 5.92 Å². The molecule has 5 nitrogen and oxygen atoms in total. The number of carbonyl (C=O) groups is 2. The number of hydrogen-bond acceptors (Lipinski definition) is 4. The van der Waals surface area contributed by atoms with E-state index in [0.29, 0.717) is 30.3 Å². The molecule has 3 atom stereocenters. The first-order valence-electron chi connectivity index (χ1n) is 6.79. The second-order valence-corrected chi connectivity index (χ2v) is 5.37. The van der Waals surface area contributed by atoms with Crippen LogP contribution in [0.25, 0.3) is 0 Å². The molecule has 3 rings (SSSR count). The zero-order valence-corrected chi connectivity index (χ0v) is 11.0. The number of aromatic carboxylic acids is 1. The number of carbonyl (C=O) groups excluding carboxylic acids is 1. The van der Waals surface area contributed by atoms with Gasteiger partial charge in [0.1, 0.15) is 0 Å². The van der Waals surface area contributed by atoms with E-state index in [2.05, 4.69) is 0 Å². The molecule has 1 saturated heterocycles. The van der Waals surface area contributed by atoms with Crippen LogP contribution >= 0.6 is 0 Å². The van der Waals surface area contributed by atoms with Gasteiger partial charge in [0.05, 0.1) is 29.9 Å². The Kier molecular flexibility index (Phi) is 3.44. The fourth-order valence-electron chi connectivity index (χ4n) is 2.66. The van der Waals surface area contributed by atoms with Crippen molar-refractivity contribution in [1.82, 2.24) is 0 Å². The van der Waals surface area contributed by atoms with Crippen molar-refractivity contribution in [2.75, 3.05) is 6.61 Å². The molecule has 2 fully saturated rings. The van der Waals surface area contributed by atoms with Gasteiger partial charge < -0.3 is 14.6 Å². The molecule has 1 heterocycles. The maximum atomic E-state index is 11.9. The SMILES string of the molecule is O=C(O)c1ccc(C(=O)OCC2CCC3OC3C2)cc1. The molecule has 0 spiro atoms. The van der Waals surface area contributed by atoms with Gasteiger partial charge in [-0.2, -0.15) is 0 Å². The molecule has 106 valence electrons. The first kappa shape index (κ1) is 13.1. The monoisotopic (exact) mass is 276 g/mol. The molecular formula is C15H16O5. The summed E-state index contributed by atoms with van der Waals surface area (Å²) in [5.74, 6) is -1.03. The van der Waals surface area contributed by atoms with Crippen molar-refractivity contribution < 1.29 is 24.2 Å². The number of benzene rings is 1. The minimum atomic E-state index is -1.01. The molecule has 3 unspecified atom stereocenters. The maximum absolute atomic E-state index is 11.9. The topological polar surface area (TPSA) is 76.1 Å². The number of epoxide rings is 1. The van der Waals surface area contributed by atoms with E-state index in [0.717, 1.165) is 19.3 Å². The van der Waals surface area contributed by atoms with Gasteiger partial charge in [-0.25, -0.2) is 9.59 Å². The van der Waals surface area contributed by atoms with E-state index >= 15 is 0 Å². The maximum Gasteiger partial charge on any atom is 0.338 e. The second kappa shape index (κ2) is 5.25. The molecule has 0 aromatic heterocycles. The van der Waals surface area contributed by atoms with Crippen molar-refractivity contribution in [3.05, 3.63) is 35.4 Å². The van der Waals surface area contributed by atoms with Gasteiger partial charge in [-0.05, 0) is 49.4 Å². The van der Waals surface area contributed by atoms with E-state index in [-0.39, 0.29) is 5.56 Å². The minimum Gasteiger partial charge on any atom is -0.478 e. The van der Waals surface area contributed by atoms with Crippen LogP contribution in [0.1, 0.15) is 40.0 Å². The van der Waals surface area contributed by atoms with Crippen LogP contribution in [-0.4, -0.2) is 35.9 Å². The summed E-state index contributed by atoms with van der Waals surface area (Å²) in [6.07, 6.45) is 3.88. The summed E-state index contributed by atoms with van der Waals surface area (Å²) in [7, 11) is 0. The summed E-state index contributed by atoms with van der Waals surface area (Å²) < 4.78 is 10.7. The lowest BCUT2D eigenvalue weighted by Gasteiger charge is -2.18. The zero-order valence-electron chi connectivity index (χ0n) is 11.0. The van der Waals surface area contributed by atoms with Crippen LogP contribution in [-0.2, 0) is 9.47 Å². The average Bonchev–Trinajstić information content (AvgIpc) is 3.23. The Bertz CT molecular complexity index is 522. The van der Waals surface area contributed by atoms with E-state index in [1.54, 1.807) is 0 Å². The van der Waals surface area contributed by atoms with Crippen LogP contribution in [0.4, 0.5) is 0 Å². The highest BCUT2D eigenvalue weighted by Gasteiger charge is 2.43. The van der Waals surface area contributed by atoms with Gasteiger partial charge >= 0.3 is 11.9 Å². The Morgan fingerprint density at radius 3 is 2.50 bits per heavy atom. The Labute approximate surface area is 116 Å². The smallest absolute Gasteiger partial charge is 0.338 e. The van der Waals surface area contributed by atoms with Crippen molar-refractivity contribution in [1.29, 1.82) is 0 Å². The van der Waals surface area contributed by atoms with Crippen LogP contribution in [0.5, 0.6) is 0 Å². The average molecular weight is 276 g/mol. The molecule has 0 bridgehead atoms. The van der Waals surface area contributed by atoms with E-state index in [9.17, 15) is 9.59 Å². The van der Waals surface area contributed by atoms with Gasteiger partial charge in [0.15, 0.2) is 0 Å². The predicted octanol–water partition coefficient (Wildman–Crippen LogP) is 2.11. The number of esters is 1. The van der Waals surface area contributed by atoms with Crippen LogP contribution < -0.4 is 0 Å². The van der Waals surface area contributed by atoms with Gasteiger partial charge in [0.2, 0.25) is 0 Å². The third-order valence-corrected chi connectivity index (χ3v) is 3.93. The van der Waals surface area contributed by atoms with E-state index < -0.39 is 11.9 Å². The summed E-state index contributed by atoms with van der Waals surface area (Å²) in [6, 6.07) is 5.77. The quantitative estimate of drug-likeness (QED) is 0.673. The standard InChI is InChI=1S/C15H16O5/c16-14(17)10-2-4-11(5-3-10)15(18)19-8-9-1-6-12-13(7-9)20-12/h2-5,9,12-13H,1,6-8H2,(H,16,17). The Morgan fingerprint density at radius 1 is 1.15 bits per heavy atom. The lowest BCUT2D eigenvalue weighted by Crippen LogP contribution is -2.20. The van der Waals surface area contributed by atoms with Gasteiger partial charge in [0.25, 0.3) is 0 Å². The highest BCUT2D eigenvalue weighted by atomic mass is 16.6. The summed E-state index contributed by atoms with van der Waals surface area (Å²) in [5.41, 5.74) is 0.539. The molecule has 1 aliphatic carbocycles.